The van der Waals surface area contributed by atoms with Gasteiger partial charge < -0.3 is 0 Å². The summed E-state index contributed by atoms with van der Waals surface area (Å²) in [6.45, 7) is 3.28. The third kappa shape index (κ3) is 4.05. The molecule has 1 aliphatic rings. The van der Waals surface area contributed by atoms with Gasteiger partial charge in [-0.05, 0) is 30.2 Å². The Morgan fingerprint density at radius 2 is 2.05 bits per heavy atom. The van der Waals surface area contributed by atoms with Crippen LogP contribution in [0.1, 0.15) is 37.7 Å². The molecule has 1 aliphatic heterocycles. The van der Waals surface area contributed by atoms with Crippen molar-refractivity contribution < 1.29 is 8.42 Å². The molecule has 0 spiro atoms. The smallest absolute Gasteiger partial charge is 0.212 e. The van der Waals surface area contributed by atoms with Crippen LogP contribution >= 0.6 is 0 Å². The summed E-state index contributed by atoms with van der Waals surface area (Å²) in [7, 11) is -3.21. The monoisotopic (exact) mass is 306 g/mol. The van der Waals surface area contributed by atoms with Crippen LogP contribution < -0.4 is 0 Å². The van der Waals surface area contributed by atoms with Crippen LogP contribution in [0.15, 0.2) is 30.3 Å². The van der Waals surface area contributed by atoms with E-state index in [2.05, 4.69) is 19.1 Å². The first-order valence-corrected chi connectivity index (χ1v) is 9.05. The molecule has 1 saturated heterocycles. The number of nitrogens with zero attached hydrogens (tertiary/aromatic N) is 2. The highest BCUT2D eigenvalue weighted by molar-refractivity contribution is 7.89. The summed E-state index contributed by atoms with van der Waals surface area (Å²) in [4.78, 5) is 0. The van der Waals surface area contributed by atoms with Gasteiger partial charge in [-0.15, -0.1) is 0 Å². The maximum absolute atomic E-state index is 12.3. The summed E-state index contributed by atoms with van der Waals surface area (Å²) in [6.07, 6.45) is 1.59. The Balaban J connectivity index is 1.99. The van der Waals surface area contributed by atoms with Crippen molar-refractivity contribution in [3.63, 3.8) is 0 Å². The standard InChI is InChI=1S/C16H22N2O2S/c1-14-13-18(21(19,20)12-6-5-10-17)11-9-16(14)15-7-3-2-4-8-15/h2-4,7-8,14,16H,5-6,9,11-13H2,1H3. The number of nitriles is 1. The van der Waals surface area contributed by atoms with E-state index in [0.717, 1.165) is 6.42 Å². The molecule has 21 heavy (non-hydrogen) atoms. The van der Waals surface area contributed by atoms with Crippen molar-refractivity contribution in [1.29, 1.82) is 5.26 Å². The van der Waals surface area contributed by atoms with Crippen LogP contribution in [0.2, 0.25) is 0 Å². The number of unbranched alkanes of at least 4 members (excludes halogenated alkanes) is 1. The highest BCUT2D eigenvalue weighted by Crippen LogP contribution is 2.33. The summed E-state index contributed by atoms with van der Waals surface area (Å²) in [6, 6.07) is 12.3. The van der Waals surface area contributed by atoms with Gasteiger partial charge in [-0.1, -0.05) is 37.3 Å². The van der Waals surface area contributed by atoms with E-state index in [4.69, 9.17) is 5.26 Å². The van der Waals surface area contributed by atoms with Gasteiger partial charge >= 0.3 is 0 Å². The molecule has 114 valence electrons. The van der Waals surface area contributed by atoms with E-state index in [1.807, 2.05) is 24.3 Å². The molecule has 2 atom stereocenters. The topological polar surface area (TPSA) is 61.2 Å². The van der Waals surface area contributed by atoms with Gasteiger partial charge in [0.25, 0.3) is 0 Å². The van der Waals surface area contributed by atoms with Crippen molar-refractivity contribution in [1.82, 2.24) is 4.31 Å². The van der Waals surface area contributed by atoms with Crippen LogP contribution in [0.3, 0.4) is 0 Å². The zero-order valence-corrected chi connectivity index (χ0v) is 13.2. The fraction of sp³-hybridized carbons (Fsp3) is 0.562. The number of rotatable bonds is 5. The first kappa shape index (κ1) is 16.0. The normalized spacial score (nSPS) is 23.6. The summed E-state index contributed by atoms with van der Waals surface area (Å²) in [5.41, 5.74) is 1.30. The maximum atomic E-state index is 12.3. The van der Waals surface area contributed by atoms with Gasteiger partial charge in [0.15, 0.2) is 0 Å². The van der Waals surface area contributed by atoms with E-state index in [-0.39, 0.29) is 5.75 Å². The molecule has 0 saturated carbocycles. The first-order valence-electron chi connectivity index (χ1n) is 7.44. The molecular weight excluding hydrogens is 284 g/mol. The predicted octanol–water partition coefficient (Wildman–Crippen LogP) is 2.75. The predicted molar refractivity (Wildman–Crippen MR) is 83.2 cm³/mol. The molecule has 0 bridgehead atoms. The van der Waals surface area contributed by atoms with E-state index in [1.165, 1.54) is 5.56 Å². The molecule has 1 aromatic carbocycles. The molecule has 0 radical (unpaired) electrons. The fourth-order valence-corrected chi connectivity index (χ4v) is 4.63. The van der Waals surface area contributed by atoms with Gasteiger partial charge in [-0.3, -0.25) is 0 Å². The molecule has 1 aromatic rings. The lowest BCUT2D eigenvalue weighted by Gasteiger charge is -2.36. The molecule has 5 heteroatoms. The lowest BCUT2D eigenvalue weighted by atomic mass is 9.82. The minimum Gasteiger partial charge on any atom is -0.212 e. The molecule has 1 fully saturated rings. The zero-order chi connectivity index (χ0) is 15.3. The van der Waals surface area contributed by atoms with Crippen LogP contribution in [-0.4, -0.2) is 31.6 Å². The van der Waals surface area contributed by atoms with E-state index >= 15 is 0 Å². The summed E-state index contributed by atoms with van der Waals surface area (Å²) in [5.74, 6) is 0.826. The van der Waals surface area contributed by atoms with Gasteiger partial charge in [-0.2, -0.15) is 5.26 Å². The first-order chi connectivity index (χ1) is 10.0. The van der Waals surface area contributed by atoms with E-state index in [0.29, 0.717) is 37.8 Å². The van der Waals surface area contributed by atoms with Crippen molar-refractivity contribution in [2.75, 3.05) is 18.8 Å². The van der Waals surface area contributed by atoms with E-state index in [1.54, 1.807) is 4.31 Å². The Morgan fingerprint density at radius 3 is 2.67 bits per heavy atom. The average Bonchev–Trinajstić information content (AvgIpc) is 2.48. The van der Waals surface area contributed by atoms with Crippen molar-refractivity contribution >= 4 is 10.0 Å². The van der Waals surface area contributed by atoms with Crippen LogP contribution in [0.5, 0.6) is 0 Å². The van der Waals surface area contributed by atoms with Gasteiger partial charge in [0, 0.05) is 19.5 Å². The Morgan fingerprint density at radius 1 is 1.33 bits per heavy atom. The van der Waals surface area contributed by atoms with Crippen LogP contribution in [0, 0.1) is 17.2 Å². The molecule has 4 nitrogen and oxygen atoms in total. The molecule has 0 aliphatic carbocycles. The maximum Gasteiger partial charge on any atom is 0.214 e. The Hall–Kier alpha value is -1.38. The van der Waals surface area contributed by atoms with E-state index < -0.39 is 10.0 Å². The largest absolute Gasteiger partial charge is 0.214 e. The number of benzene rings is 1. The Bertz CT molecular complexity index is 592. The van der Waals surface area contributed by atoms with Gasteiger partial charge in [0.1, 0.15) is 0 Å². The summed E-state index contributed by atoms with van der Waals surface area (Å²) in [5, 5.41) is 8.52. The van der Waals surface area contributed by atoms with Crippen molar-refractivity contribution in [3.8, 4) is 6.07 Å². The van der Waals surface area contributed by atoms with E-state index in [9.17, 15) is 8.42 Å². The minimum absolute atomic E-state index is 0.0866. The van der Waals surface area contributed by atoms with Crippen molar-refractivity contribution in [2.24, 2.45) is 5.92 Å². The third-order valence-electron chi connectivity index (χ3n) is 4.18. The lowest BCUT2D eigenvalue weighted by molar-refractivity contribution is 0.248. The number of sulfonamides is 1. The average molecular weight is 306 g/mol. The van der Waals surface area contributed by atoms with Gasteiger partial charge in [0.2, 0.25) is 10.0 Å². The Kier molecular flexibility index (Phi) is 5.38. The molecule has 0 N–H and O–H groups in total. The summed E-state index contributed by atoms with van der Waals surface area (Å²) < 4.78 is 26.1. The quantitative estimate of drug-likeness (QED) is 0.786. The molecule has 0 aromatic heterocycles. The lowest BCUT2D eigenvalue weighted by Crippen LogP contribution is -2.43. The van der Waals surface area contributed by atoms with Crippen LogP contribution in [0.25, 0.3) is 0 Å². The van der Waals surface area contributed by atoms with Crippen molar-refractivity contribution in [3.05, 3.63) is 35.9 Å². The zero-order valence-electron chi connectivity index (χ0n) is 12.4. The van der Waals surface area contributed by atoms with Gasteiger partial charge in [0.05, 0.1) is 11.8 Å². The van der Waals surface area contributed by atoms with Gasteiger partial charge in [-0.25, -0.2) is 12.7 Å². The highest BCUT2D eigenvalue weighted by Gasteiger charge is 2.32. The molecular formula is C16H22N2O2S. The van der Waals surface area contributed by atoms with Crippen LogP contribution in [0.4, 0.5) is 0 Å². The third-order valence-corrected chi connectivity index (χ3v) is 6.10. The highest BCUT2D eigenvalue weighted by atomic mass is 32.2. The summed E-state index contributed by atoms with van der Waals surface area (Å²) >= 11 is 0. The second kappa shape index (κ2) is 7.06. The Labute approximate surface area is 127 Å². The SMILES string of the molecule is CC1CN(S(=O)(=O)CCCC#N)CCC1c1ccccc1. The molecule has 0 amide bonds. The number of hydrogen-bond acceptors (Lipinski definition) is 3. The second-order valence-corrected chi connectivity index (χ2v) is 7.81. The number of hydrogen-bond donors (Lipinski definition) is 0. The number of piperidine rings is 1. The second-order valence-electron chi connectivity index (χ2n) is 5.72. The van der Waals surface area contributed by atoms with Crippen LogP contribution in [-0.2, 0) is 10.0 Å². The minimum atomic E-state index is -3.21. The fourth-order valence-electron chi connectivity index (χ4n) is 3.02. The van der Waals surface area contributed by atoms with Crippen molar-refractivity contribution in [2.45, 2.75) is 32.1 Å². The molecule has 1 heterocycles. The molecule has 2 rings (SSSR count). The molecule has 2 unspecified atom stereocenters.